The Hall–Kier alpha value is -3.43. The van der Waals surface area contributed by atoms with Gasteiger partial charge in [-0.1, -0.05) is 30.3 Å². The summed E-state index contributed by atoms with van der Waals surface area (Å²) in [5.74, 6) is -1.68. The summed E-state index contributed by atoms with van der Waals surface area (Å²) in [6.45, 7) is 1.03. The van der Waals surface area contributed by atoms with Crippen molar-refractivity contribution in [3.8, 4) is 5.75 Å². The maximum atomic E-state index is 14.1. The highest BCUT2D eigenvalue weighted by atomic mass is 19.4. The van der Waals surface area contributed by atoms with Crippen molar-refractivity contribution in [2.24, 2.45) is 0 Å². The first kappa shape index (κ1) is 21.9. The number of urea groups is 1. The van der Waals surface area contributed by atoms with E-state index >= 15 is 0 Å². The number of anilines is 2. The van der Waals surface area contributed by atoms with Gasteiger partial charge in [0, 0.05) is 5.69 Å². The van der Waals surface area contributed by atoms with Gasteiger partial charge in [0.1, 0.15) is 5.75 Å². The Morgan fingerprint density at radius 1 is 1.00 bits per heavy atom. The van der Waals surface area contributed by atoms with Crippen molar-refractivity contribution >= 4 is 23.4 Å². The van der Waals surface area contributed by atoms with Crippen molar-refractivity contribution in [1.82, 2.24) is 5.32 Å². The average molecular weight is 411 g/mol. The smallest absolute Gasteiger partial charge is 0.441 e. The molecule has 10 heteroatoms. The summed E-state index contributed by atoms with van der Waals surface area (Å²) in [7, 11) is 1.26. The third-order valence-corrected chi connectivity index (χ3v) is 3.77. The Bertz CT molecular complexity index is 846. The van der Waals surface area contributed by atoms with Gasteiger partial charge in [-0.05, 0) is 31.2 Å². The predicted octanol–water partition coefficient (Wildman–Crippen LogP) is 3.75. The highest BCUT2D eigenvalue weighted by Crippen LogP contribution is 2.36. The van der Waals surface area contributed by atoms with E-state index in [0.717, 1.165) is 0 Å². The van der Waals surface area contributed by atoms with E-state index in [1.807, 2.05) is 0 Å². The van der Waals surface area contributed by atoms with Crippen LogP contribution in [0.4, 0.5) is 29.3 Å². The van der Waals surface area contributed by atoms with Crippen molar-refractivity contribution in [3.05, 3.63) is 54.6 Å². The lowest BCUT2D eigenvalue weighted by Gasteiger charge is -2.35. The summed E-state index contributed by atoms with van der Waals surface area (Å²) < 4.78 is 52.0. The maximum Gasteiger partial charge on any atom is 0.441 e. The minimum absolute atomic E-state index is 0.0377. The fraction of sp³-hybridized carbons (Fsp3) is 0.263. The minimum atomic E-state index is -5.26. The number of carbonyl (C=O) groups excluding carboxylic acids is 2. The molecular weight excluding hydrogens is 391 g/mol. The number of ether oxygens (including phenoxy) is 2. The number of halogens is 3. The van der Waals surface area contributed by atoms with Crippen LogP contribution in [0.1, 0.15) is 6.92 Å². The largest absolute Gasteiger partial charge is 0.495 e. The third kappa shape index (κ3) is 5.09. The third-order valence-electron chi connectivity index (χ3n) is 3.77. The second kappa shape index (κ2) is 9.18. The molecule has 1 atom stereocenters. The van der Waals surface area contributed by atoms with Gasteiger partial charge in [0.2, 0.25) is 0 Å². The fourth-order valence-electron chi connectivity index (χ4n) is 2.43. The average Bonchev–Trinajstić information content (AvgIpc) is 2.67. The number of hydrogen-bond acceptors (Lipinski definition) is 5. The van der Waals surface area contributed by atoms with Gasteiger partial charge >= 0.3 is 23.8 Å². The van der Waals surface area contributed by atoms with Gasteiger partial charge in [-0.25, -0.2) is 9.59 Å². The summed E-state index contributed by atoms with van der Waals surface area (Å²) >= 11 is 0. The van der Waals surface area contributed by atoms with Crippen molar-refractivity contribution in [2.75, 3.05) is 24.4 Å². The molecule has 156 valence electrons. The van der Waals surface area contributed by atoms with Crippen LogP contribution in [0.5, 0.6) is 5.75 Å². The lowest BCUT2D eigenvalue weighted by molar-refractivity contribution is -0.204. The van der Waals surface area contributed by atoms with Crippen LogP contribution in [0.3, 0.4) is 0 Å². The summed E-state index contributed by atoms with van der Waals surface area (Å²) in [5, 5.41) is 6.00. The van der Waals surface area contributed by atoms with Gasteiger partial charge in [-0.3, -0.25) is 5.32 Å². The number of nitrogens with one attached hydrogen (secondary N) is 3. The normalized spacial score (nSPS) is 13.0. The molecule has 0 fully saturated rings. The van der Waals surface area contributed by atoms with Crippen LogP contribution in [0, 0.1) is 0 Å². The molecule has 0 heterocycles. The van der Waals surface area contributed by atoms with E-state index in [1.165, 1.54) is 44.4 Å². The Morgan fingerprint density at radius 3 is 2.21 bits per heavy atom. The molecule has 7 nitrogen and oxygen atoms in total. The molecular formula is C19H20F3N3O4. The number of hydrogen-bond donors (Lipinski definition) is 3. The van der Waals surface area contributed by atoms with Gasteiger partial charge in [0.05, 0.1) is 19.4 Å². The van der Waals surface area contributed by atoms with Gasteiger partial charge in [-0.2, -0.15) is 13.2 Å². The van der Waals surface area contributed by atoms with Crippen LogP contribution in [-0.4, -0.2) is 37.6 Å². The molecule has 0 spiro atoms. The number of carbonyl (C=O) groups is 2. The number of methoxy groups -OCH3 is 1. The first-order valence-electron chi connectivity index (χ1n) is 8.53. The maximum absolute atomic E-state index is 14.1. The Morgan fingerprint density at radius 2 is 1.62 bits per heavy atom. The van der Waals surface area contributed by atoms with Crippen molar-refractivity contribution in [1.29, 1.82) is 0 Å². The number of para-hydroxylation sites is 3. The number of alkyl halides is 3. The van der Waals surface area contributed by atoms with Crippen molar-refractivity contribution in [3.63, 3.8) is 0 Å². The molecule has 3 N–H and O–H groups in total. The molecule has 2 rings (SSSR count). The van der Waals surface area contributed by atoms with E-state index in [9.17, 15) is 22.8 Å². The Balaban J connectivity index is 2.45. The van der Waals surface area contributed by atoms with Crippen LogP contribution in [0.2, 0.25) is 0 Å². The first-order chi connectivity index (χ1) is 13.7. The Kier molecular flexibility index (Phi) is 6.92. The van der Waals surface area contributed by atoms with Crippen LogP contribution < -0.4 is 20.7 Å². The standard InChI is InChI=1S/C19H20F3N3O4/c1-3-29-16(26)18(19(20,21)22,24-14-11-7-8-12-15(14)28-2)25-17(27)23-13-9-5-4-6-10-13/h4-12,24H,3H2,1-2H3,(H2,23,25,27)/t18-/m0/s1. The number of esters is 1. The molecule has 2 aromatic carbocycles. The highest BCUT2D eigenvalue weighted by Gasteiger charge is 2.64. The quantitative estimate of drug-likeness (QED) is 0.477. The van der Waals surface area contributed by atoms with E-state index in [2.05, 4.69) is 15.4 Å². The molecule has 0 aliphatic carbocycles. The number of amides is 2. The lowest BCUT2D eigenvalue weighted by atomic mass is 10.1. The molecule has 29 heavy (non-hydrogen) atoms. The van der Waals surface area contributed by atoms with Crippen LogP contribution in [0.25, 0.3) is 0 Å². The molecule has 0 aliphatic rings. The van der Waals surface area contributed by atoms with E-state index in [4.69, 9.17) is 4.74 Å². The van der Waals surface area contributed by atoms with E-state index in [0.29, 0.717) is 0 Å². The molecule has 2 aromatic rings. The molecule has 0 bridgehead atoms. The summed E-state index contributed by atoms with van der Waals surface area (Å²) in [6.07, 6.45) is -5.26. The van der Waals surface area contributed by atoms with Gasteiger partial charge < -0.3 is 20.1 Å². The van der Waals surface area contributed by atoms with Crippen molar-refractivity contribution < 1.29 is 32.2 Å². The molecule has 0 radical (unpaired) electrons. The van der Waals surface area contributed by atoms with Gasteiger partial charge in [0.25, 0.3) is 0 Å². The predicted molar refractivity (Wildman–Crippen MR) is 101 cm³/mol. The van der Waals surface area contributed by atoms with Gasteiger partial charge in [-0.15, -0.1) is 0 Å². The highest BCUT2D eigenvalue weighted by molar-refractivity contribution is 5.96. The summed E-state index contributed by atoms with van der Waals surface area (Å²) in [5.41, 5.74) is -3.49. The molecule has 0 aromatic heterocycles. The fourth-order valence-corrected chi connectivity index (χ4v) is 2.43. The first-order valence-corrected chi connectivity index (χ1v) is 8.53. The van der Waals surface area contributed by atoms with E-state index < -0.39 is 23.8 Å². The molecule has 0 unspecified atom stereocenters. The minimum Gasteiger partial charge on any atom is -0.495 e. The van der Waals surface area contributed by atoms with Gasteiger partial charge in [0.15, 0.2) is 0 Å². The second-order valence-corrected chi connectivity index (χ2v) is 5.74. The zero-order valence-corrected chi connectivity index (χ0v) is 15.7. The van der Waals surface area contributed by atoms with Crippen LogP contribution in [0.15, 0.2) is 54.6 Å². The molecule has 0 saturated heterocycles. The van der Waals surface area contributed by atoms with E-state index in [-0.39, 0.29) is 23.7 Å². The molecule has 0 saturated carbocycles. The molecule has 2 amide bonds. The summed E-state index contributed by atoms with van der Waals surface area (Å²) in [4.78, 5) is 24.7. The zero-order valence-electron chi connectivity index (χ0n) is 15.7. The monoisotopic (exact) mass is 411 g/mol. The SMILES string of the molecule is CCOC(=O)[C@@](NC(=O)Nc1ccccc1)(Nc1ccccc1OC)C(F)(F)F. The zero-order chi connectivity index (χ0) is 21.5. The summed E-state index contributed by atoms with van der Waals surface area (Å²) in [6, 6.07) is 12.2. The van der Waals surface area contributed by atoms with E-state index in [1.54, 1.807) is 29.6 Å². The van der Waals surface area contributed by atoms with Crippen LogP contribution in [-0.2, 0) is 9.53 Å². The van der Waals surface area contributed by atoms with Crippen LogP contribution >= 0.6 is 0 Å². The topological polar surface area (TPSA) is 88.7 Å². The number of rotatable bonds is 7. The second-order valence-electron chi connectivity index (χ2n) is 5.74. The molecule has 0 aliphatic heterocycles. The Labute approximate surface area is 165 Å². The lowest BCUT2D eigenvalue weighted by Crippen LogP contribution is -2.70. The number of benzene rings is 2. The van der Waals surface area contributed by atoms with Crippen molar-refractivity contribution in [2.45, 2.75) is 18.8 Å².